The number of aliphatic hydroxyl groups is 1. The van der Waals surface area contributed by atoms with Gasteiger partial charge in [-0.3, -0.25) is 0 Å². The Morgan fingerprint density at radius 2 is 2.30 bits per heavy atom. The zero-order valence-corrected chi connectivity index (χ0v) is 6.80. The van der Waals surface area contributed by atoms with Crippen LogP contribution in [0.1, 0.15) is 26.7 Å². The first kappa shape index (κ1) is 8.02. The first-order valence-electron chi connectivity index (χ1n) is 4.11. The van der Waals surface area contributed by atoms with Gasteiger partial charge in [0.15, 0.2) is 0 Å². The van der Waals surface area contributed by atoms with Gasteiger partial charge in [-0.05, 0) is 25.7 Å². The third-order valence-electron chi connectivity index (χ3n) is 2.39. The summed E-state index contributed by atoms with van der Waals surface area (Å²) in [6, 6.07) is 0.940. The zero-order chi connectivity index (χ0) is 7.56. The van der Waals surface area contributed by atoms with Crippen molar-refractivity contribution in [1.82, 2.24) is 5.32 Å². The fourth-order valence-corrected chi connectivity index (χ4v) is 1.33. The Labute approximate surface area is 62.6 Å². The molecule has 0 radical (unpaired) electrons. The van der Waals surface area contributed by atoms with Crippen LogP contribution in [0.3, 0.4) is 0 Å². The van der Waals surface area contributed by atoms with Crippen LogP contribution in [0, 0.1) is 5.92 Å². The lowest BCUT2D eigenvalue weighted by Gasteiger charge is -2.36. The van der Waals surface area contributed by atoms with E-state index in [2.05, 4.69) is 12.2 Å². The highest BCUT2D eigenvalue weighted by Crippen LogP contribution is 2.26. The lowest BCUT2D eigenvalue weighted by molar-refractivity contribution is 0.175. The minimum atomic E-state index is 0.253. The molecule has 3 atom stereocenters. The van der Waals surface area contributed by atoms with E-state index in [0.29, 0.717) is 6.04 Å². The minimum absolute atomic E-state index is 0.253. The number of rotatable bonds is 3. The number of hydrogen-bond acceptors (Lipinski definition) is 2. The Morgan fingerprint density at radius 3 is 2.60 bits per heavy atom. The summed E-state index contributed by atoms with van der Waals surface area (Å²) in [7, 11) is 0. The van der Waals surface area contributed by atoms with Crippen molar-refractivity contribution in [1.29, 1.82) is 0 Å². The van der Waals surface area contributed by atoms with Gasteiger partial charge in [0, 0.05) is 12.1 Å². The normalized spacial score (nSPS) is 35.1. The van der Waals surface area contributed by atoms with Crippen molar-refractivity contribution >= 4 is 0 Å². The highest BCUT2D eigenvalue weighted by molar-refractivity contribution is 4.85. The molecule has 0 heterocycles. The van der Waals surface area contributed by atoms with Crippen LogP contribution < -0.4 is 5.32 Å². The Bertz CT molecular complexity index is 105. The van der Waals surface area contributed by atoms with E-state index in [1.54, 1.807) is 0 Å². The molecule has 2 nitrogen and oxygen atoms in total. The Hall–Kier alpha value is -0.0800. The van der Waals surface area contributed by atoms with E-state index in [0.717, 1.165) is 5.92 Å². The van der Waals surface area contributed by atoms with Gasteiger partial charge in [-0.15, -0.1) is 0 Å². The summed E-state index contributed by atoms with van der Waals surface area (Å²) in [6.07, 6.45) is 2.63. The van der Waals surface area contributed by atoms with Crippen LogP contribution in [0.15, 0.2) is 0 Å². The average molecular weight is 143 g/mol. The topological polar surface area (TPSA) is 32.3 Å². The summed E-state index contributed by atoms with van der Waals surface area (Å²) < 4.78 is 0. The maximum atomic E-state index is 8.73. The summed E-state index contributed by atoms with van der Waals surface area (Å²) in [5.74, 6) is 0.814. The van der Waals surface area contributed by atoms with Gasteiger partial charge in [0.25, 0.3) is 0 Å². The molecular formula is C8H17NO. The predicted molar refractivity (Wildman–Crippen MR) is 41.9 cm³/mol. The molecule has 0 spiro atoms. The lowest BCUT2D eigenvalue weighted by atomic mass is 9.81. The van der Waals surface area contributed by atoms with E-state index in [1.807, 2.05) is 6.92 Å². The molecule has 0 aromatic carbocycles. The van der Waals surface area contributed by atoms with E-state index < -0.39 is 0 Å². The minimum Gasteiger partial charge on any atom is -0.395 e. The third kappa shape index (κ3) is 1.70. The highest BCUT2D eigenvalue weighted by atomic mass is 16.3. The van der Waals surface area contributed by atoms with Crippen molar-refractivity contribution in [2.45, 2.75) is 38.8 Å². The van der Waals surface area contributed by atoms with Crippen LogP contribution in [0.4, 0.5) is 0 Å². The highest BCUT2D eigenvalue weighted by Gasteiger charge is 2.26. The fourth-order valence-electron chi connectivity index (χ4n) is 1.33. The van der Waals surface area contributed by atoms with E-state index in [9.17, 15) is 0 Å². The molecule has 2 unspecified atom stereocenters. The fraction of sp³-hybridized carbons (Fsp3) is 1.00. The molecule has 1 rings (SSSR count). The van der Waals surface area contributed by atoms with Crippen molar-refractivity contribution < 1.29 is 5.11 Å². The summed E-state index contributed by atoms with van der Waals surface area (Å²) in [5.41, 5.74) is 0. The molecule has 2 heteroatoms. The predicted octanol–water partition coefficient (Wildman–Crippen LogP) is 0.755. The van der Waals surface area contributed by atoms with Crippen LogP contribution in [0.5, 0.6) is 0 Å². The summed E-state index contributed by atoms with van der Waals surface area (Å²) >= 11 is 0. The molecule has 10 heavy (non-hydrogen) atoms. The van der Waals surface area contributed by atoms with E-state index in [4.69, 9.17) is 5.11 Å². The number of hydrogen-bond donors (Lipinski definition) is 2. The second-order valence-electron chi connectivity index (χ2n) is 3.41. The SMILES string of the molecule is CC1CCC1N[C@H](C)CO. The first-order chi connectivity index (χ1) is 4.74. The van der Waals surface area contributed by atoms with Crippen LogP contribution in [-0.4, -0.2) is 23.8 Å². The van der Waals surface area contributed by atoms with Gasteiger partial charge >= 0.3 is 0 Å². The molecular weight excluding hydrogens is 126 g/mol. The molecule has 0 aliphatic heterocycles. The summed E-state index contributed by atoms with van der Waals surface area (Å²) in [4.78, 5) is 0. The second kappa shape index (κ2) is 3.35. The van der Waals surface area contributed by atoms with Gasteiger partial charge in [-0.2, -0.15) is 0 Å². The molecule has 0 aromatic rings. The molecule has 0 aromatic heterocycles. The Morgan fingerprint density at radius 1 is 1.60 bits per heavy atom. The molecule has 0 amide bonds. The van der Waals surface area contributed by atoms with Crippen molar-refractivity contribution in [3.05, 3.63) is 0 Å². The maximum Gasteiger partial charge on any atom is 0.0582 e. The quantitative estimate of drug-likeness (QED) is 0.611. The van der Waals surface area contributed by atoms with E-state index in [-0.39, 0.29) is 12.6 Å². The van der Waals surface area contributed by atoms with Crippen molar-refractivity contribution in [3.8, 4) is 0 Å². The molecule has 1 aliphatic rings. The van der Waals surface area contributed by atoms with Gasteiger partial charge < -0.3 is 10.4 Å². The molecule has 2 N–H and O–H groups in total. The monoisotopic (exact) mass is 143 g/mol. The summed E-state index contributed by atoms with van der Waals surface area (Å²) in [6.45, 7) is 4.53. The third-order valence-corrected chi connectivity index (χ3v) is 2.39. The molecule has 1 saturated carbocycles. The lowest BCUT2D eigenvalue weighted by Crippen LogP contribution is -2.47. The van der Waals surface area contributed by atoms with Gasteiger partial charge in [0.05, 0.1) is 6.61 Å². The molecule has 60 valence electrons. The van der Waals surface area contributed by atoms with Crippen molar-refractivity contribution in [2.24, 2.45) is 5.92 Å². The van der Waals surface area contributed by atoms with Crippen LogP contribution in [0.2, 0.25) is 0 Å². The largest absolute Gasteiger partial charge is 0.395 e. The standard InChI is InChI=1S/C8H17NO/c1-6-3-4-8(6)9-7(2)5-10/h6-10H,3-5H2,1-2H3/t6?,7-,8?/m1/s1. The molecule has 0 saturated heterocycles. The van der Waals surface area contributed by atoms with Crippen molar-refractivity contribution in [3.63, 3.8) is 0 Å². The van der Waals surface area contributed by atoms with Crippen molar-refractivity contribution in [2.75, 3.05) is 6.61 Å². The second-order valence-corrected chi connectivity index (χ2v) is 3.41. The number of nitrogens with one attached hydrogen (secondary N) is 1. The van der Waals surface area contributed by atoms with Crippen LogP contribution in [0.25, 0.3) is 0 Å². The molecule has 1 fully saturated rings. The zero-order valence-electron chi connectivity index (χ0n) is 6.80. The smallest absolute Gasteiger partial charge is 0.0582 e. The van der Waals surface area contributed by atoms with Gasteiger partial charge in [-0.25, -0.2) is 0 Å². The van der Waals surface area contributed by atoms with Gasteiger partial charge in [0.2, 0.25) is 0 Å². The van der Waals surface area contributed by atoms with Crippen LogP contribution >= 0.6 is 0 Å². The van der Waals surface area contributed by atoms with E-state index >= 15 is 0 Å². The Balaban J connectivity index is 2.12. The molecule has 0 bridgehead atoms. The number of aliphatic hydroxyl groups excluding tert-OH is 1. The maximum absolute atomic E-state index is 8.73. The van der Waals surface area contributed by atoms with Gasteiger partial charge in [0.1, 0.15) is 0 Å². The average Bonchev–Trinajstić information content (AvgIpc) is 1.96. The Kier molecular flexibility index (Phi) is 2.69. The first-order valence-corrected chi connectivity index (χ1v) is 4.11. The molecule has 1 aliphatic carbocycles. The van der Waals surface area contributed by atoms with Crippen LogP contribution in [-0.2, 0) is 0 Å². The van der Waals surface area contributed by atoms with Gasteiger partial charge in [-0.1, -0.05) is 6.92 Å². The summed E-state index contributed by atoms with van der Waals surface area (Å²) in [5, 5.41) is 12.1. The van der Waals surface area contributed by atoms with E-state index in [1.165, 1.54) is 12.8 Å².